The quantitative estimate of drug-likeness (QED) is 0.363. The van der Waals surface area contributed by atoms with Crippen LogP contribution in [0.3, 0.4) is 0 Å². The molecule has 0 unspecified atom stereocenters. The summed E-state index contributed by atoms with van der Waals surface area (Å²) in [7, 11) is 0. The number of nitrogens with zero attached hydrogens (tertiary/aromatic N) is 3. The molecule has 2 aliphatic heterocycles. The van der Waals surface area contributed by atoms with Gasteiger partial charge in [-0.15, -0.1) is 0 Å². The highest BCUT2D eigenvalue weighted by Crippen LogP contribution is 2.48. The zero-order chi connectivity index (χ0) is 20.8. The second-order valence-electron chi connectivity index (χ2n) is 7.15. The van der Waals surface area contributed by atoms with Crippen LogP contribution >= 0.6 is 15.9 Å². The molecule has 0 radical (unpaired) electrons. The number of halogens is 2. The number of rotatable bonds is 3. The average Bonchev–Trinajstić information content (AvgIpc) is 3.19. The molecule has 6 nitrogen and oxygen atoms in total. The molecular weight excluding hydrogens is 453 g/mol. The number of non-ortho nitro benzene ring substituents is 1. The van der Waals surface area contributed by atoms with Crippen molar-refractivity contribution in [2.45, 2.75) is 18.7 Å². The molecule has 0 N–H and O–H groups in total. The molecule has 0 amide bonds. The van der Waals surface area contributed by atoms with Crippen LogP contribution in [0.15, 0.2) is 76.3 Å². The monoisotopic (exact) mass is 467 g/mol. The number of nitro groups is 1. The second kappa shape index (κ2) is 7.21. The van der Waals surface area contributed by atoms with Crippen molar-refractivity contribution in [1.29, 1.82) is 0 Å². The first-order chi connectivity index (χ1) is 14.5. The lowest BCUT2D eigenvalue weighted by molar-refractivity contribution is -0.384. The maximum atomic E-state index is 13.4. The first-order valence-corrected chi connectivity index (χ1v) is 10.1. The van der Waals surface area contributed by atoms with E-state index < -0.39 is 11.2 Å². The molecule has 150 valence electrons. The van der Waals surface area contributed by atoms with Crippen molar-refractivity contribution in [2.24, 2.45) is 5.10 Å². The predicted octanol–water partition coefficient (Wildman–Crippen LogP) is 5.74. The third kappa shape index (κ3) is 3.23. The molecule has 0 saturated carbocycles. The van der Waals surface area contributed by atoms with Crippen LogP contribution in [0.1, 0.15) is 35.4 Å². The first kappa shape index (κ1) is 18.7. The van der Waals surface area contributed by atoms with Crippen LogP contribution in [-0.2, 0) is 0 Å². The Labute approximate surface area is 179 Å². The van der Waals surface area contributed by atoms with E-state index in [1.54, 1.807) is 24.3 Å². The van der Waals surface area contributed by atoms with Crippen molar-refractivity contribution >= 4 is 27.3 Å². The lowest BCUT2D eigenvalue weighted by Crippen LogP contribution is -2.33. The number of benzene rings is 3. The standard InChI is InChI=1S/C22H15BrFN3O3/c23-15-5-10-21-18(11-15)20-12-19(13-1-6-16(24)7-2-13)25-26(20)22(30-21)14-3-8-17(9-4-14)27(28)29/h1-11,20,22H,12H2/t20-,22-/m0/s1. The van der Waals surface area contributed by atoms with Crippen molar-refractivity contribution < 1.29 is 14.1 Å². The summed E-state index contributed by atoms with van der Waals surface area (Å²) in [5.74, 6) is 0.454. The molecule has 0 spiro atoms. The van der Waals surface area contributed by atoms with Gasteiger partial charge < -0.3 is 4.74 Å². The van der Waals surface area contributed by atoms with Crippen LogP contribution in [0.25, 0.3) is 0 Å². The highest BCUT2D eigenvalue weighted by molar-refractivity contribution is 9.10. The van der Waals surface area contributed by atoms with E-state index in [4.69, 9.17) is 9.84 Å². The Bertz CT molecular complexity index is 1170. The Morgan fingerprint density at radius 2 is 1.83 bits per heavy atom. The van der Waals surface area contributed by atoms with Crippen LogP contribution in [-0.4, -0.2) is 15.6 Å². The third-order valence-corrected chi connectivity index (χ3v) is 5.81. The summed E-state index contributed by atoms with van der Waals surface area (Å²) in [6.07, 6.45) is 0.115. The summed E-state index contributed by atoms with van der Waals surface area (Å²) in [6.45, 7) is 0. The minimum atomic E-state index is -0.526. The van der Waals surface area contributed by atoms with Crippen molar-refractivity contribution in [3.8, 4) is 5.75 Å². The number of hydrogen-bond donors (Lipinski definition) is 0. The van der Waals surface area contributed by atoms with Crippen molar-refractivity contribution in [3.05, 3.63) is 104 Å². The van der Waals surface area contributed by atoms with Gasteiger partial charge >= 0.3 is 0 Å². The van der Waals surface area contributed by atoms with Gasteiger partial charge in [-0.25, -0.2) is 9.40 Å². The fraction of sp³-hybridized carbons (Fsp3) is 0.136. The molecule has 30 heavy (non-hydrogen) atoms. The van der Waals surface area contributed by atoms with Gasteiger partial charge in [0.05, 0.1) is 16.7 Å². The highest BCUT2D eigenvalue weighted by atomic mass is 79.9. The SMILES string of the molecule is O=[N+]([O-])c1ccc([C@@H]2Oc3ccc(Br)cc3[C@@H]3CC(c4ccc(F)cc4)=NN32)cc1. The van der Waals surface area contributed by atoms with Gasteiger partial charge in [0, 0.05) is 34.2 Å². The molecule has 3 aromatic rings. The van der Waals surface area contributed by atoms with Gasteiger partial charge in [-0.05, 0) is 48.0 Å². The minimum Gasteiger partial charge on any atom is -0.464 e. The van der Waals surface area contributed by atoms with Crippen LogP contribution < -0.4 is 4.74 Å². The summed E-state index contributed by atoms with van der Waals surface area (Å²) in [5.41, 5.74) is 3.48. The Kier molecular flexibility index (Phi) is 4.51. The molecular formula is C22H15BrFN3O3. The van der Waals surface area contributed by atoms with Gasteiger partial charge in [-0.3, -0.25) is 10.1 Å². The van der Waals surface area contributed by atoms with Gasteiger partial charge in [0.25, 0.3) is 5.69 Å². The fourth-order valence-electron chi connectivity index (χ4n) is 3.86. The van der Waals surface area contributed by atoms with Crippen LogP contribution in [0.4, 0.5) is 10.1 Å². The summed E-state index contributed by atoms with van der Waals surface area (Å²) >= 11 is 3.52. The molecule has 0 bridgehead atoms. The molecule has 5 rings (SSSR count). The van der Waals surface area contributed by atoms with Gasteiger partial charge in [0.2, 0.25) is 6.23 Å². The van der Waals surface area contributed by atoms with E-state index in [0.29, 0.717) is 6.42 Å². The number of hydrogen-bond acceptors (Lipinski definition) is 5. The van der Waals surface area contributed by atoms with Gasteiger partial charge in [-0.2, -0.15) is 5.10 Å². The fourth-order valence-corrected chi connectivity index (χ4v) is 4.23. The molecule has 2 aliphatic rings. The Balaban J connectivity index is 1.57. The summed E-state index contributed by atoms with van der Waals surface area (Å²) in [4.78, 5) is 10.6. The number of ether oxygens (including phenoxy) is 1. The number of hydrazone groups is 1. The van der Waals surface area contributed by atoms with E-state index in [9.17, 15) is 14.5 Å². The molecule has 8 heteroatoms. The summed E-state index contributed by atoms with van der Waals surface area (Å²) in [5, 5.41) is 17.7. The van der Waals surface area contributed by atoms with E-state index in [2.05, 4.69) is 15.9 Å². The van der Waals surface area contributed by atoms with Crippen LogP contribution in [0.5, 0.6) is 5.75 Å². The highest BCUT2D eigenvalue weighted by Gasteiger charge is 2.41. The zero-order valence-corrected chi connectivity index (χ0v) is 17.1. The molecule has 2 heterocycles. The number of nitro benzene ring substituents is 1. The van der Waals surface area contributed by atoms with Gasteiger partial charge in [0.1, 0.15) is 11.6 Å². The molecule has 3 aromatic carbocycles. The Morgan fingerprint density at radius 3 is 2.53 bits per heavy atom. The van der Waals surface area contributed by atoms with Gasteiger partial charge in [-0.1, -0.05) is 28.1 Å². The largest absolute Gasteiger partial charge is 0.464 e. The summed E-state index contributed by atoms with van der Waals surface area (Å²) < 4.78 is 20.6. The lowest BCUT2D eigenvalue weighted by Gasteiger charge is -2.38. The maximum Gasteiger partial charge on any atom is 0.269 e. The van der Waals surface area contributed by atoms with E-state index in [1.807, 2.05) is 23.2 Å². The maximum absolute atomic E-state index is 13.4. The van der Waals surface area contributed by atoms with Crippen LogP contribution in [0, 0.1) is 15.9 Å². The van der Waals surface area contributed by atoms with Gasteiger partial charge in [0.15, 0.2) is 0 Å². The third-order valence-electron chi connectivity index (χ3n) is 5.32. The normalized spacial score (nSPS) is 19.5. The minimum absolute atomic E-state index is 0.0207. The number of fused-ring (bicyclic) bond motifs is 3. The zero-order valence-electron chi connectivity index (χ0n) is 15.5. The summed E-state index contributed by atoms with van der Waals surface area (Å²) in [6, 6.07) is 18.4. The first-order valence-electron chi connectivity index (χ1n) is 9.32. The van der Waals surface area contributed by atoms with Crippen molar-refractivity contribution in [3.63, 3.8) is 0 Å². The molecule has 0 fully saturated rings. The smallest absolute Gasteiger partial charge is 0.269 e. The lowest BCUT2D eigenvalue weighted by atomic mass is 9.96. The Hall–Kier alpha value is -3.26. The molecule has 0 aromatic heterocycles. The average molecular weight is 468 g/mol. The topological polar surface area (TPSA) is 68.0 Å². The molecule has 2 atom stereocenters. The van der Waals surface area contributed by atoms with E-state index in [1.165, 1.54) is 24.3 Å². The van der Waals surface area contributed by atoms with Crippen molar-refractivity contribution in [1.82, 2.24) is 5.01 Å². The van der Waals surface area contributed by atoms with Crippen LogP contribution in [0.2, 0.25) is 0 Å². The van der Waals surface area contributed by atoms with Crippen molar-refractivity contribution in [2.75, 3.05) is 0 Å². The van der Waals surface area contributed by atoms with E-state index in [-0.39, 0.29) is 17.5 Å². The van der Waals surface area contributed by atoms with E-state index >= 15 is 0 Å². The molecule has 0 aliphatic carbocycles. The van der Waals surface area contributed by atoms with E-state index in [0.717, 1.165) is 32.6 Å². The Morgan fingerprint density at radius 1 is 1.10 bits per heavy atom. The predicted molar refractivity (Wildman–Crippen MR) is 113 cm³/mol. The second-order valence-corrected chi connectivity index (χ2v) is 8.07. The molecule has 0 saturated heterocycles.